The van der Waals surface area contributed by atoms with Crippen LogP contribution >= 0.6 is 27.5 Å². The van der Waals surface area contributed by atoms with Gasteiger partial charge in [0.05, 0.1) is 6.04 Å². The molecule has 1 aromatic carbocycles. The van der Waals surface area contributed by atoms with Crippen LogP contribution in [-0.2, 0) is 13.0 Å². The highest BCUT2D eigenvalue weighted by atomic mass is 79.9. The SMILES string of the molecule is CCn1ncnc1CC(NN)c1ccc(Cl)cc1Br. The van der Waals surface area contributed by atoms with Gasteiger partial charge in [-0.05, 0) is 24.6 Å². The molecule has 0 spiro atoms. The van der Waals surface area contributed by atoms with Gasteiger partial charge < -0.3 is 0 Å². The molecule has 102 valence electrons. The summed E-state index contributed by atoms with van der Waals surface area (Å²) in [5.74, 6) is 6.55. The van der Waals surface area contributed by atoms with Gasteiger partial charge in [0.25, 0.3) is 0 Å². The summed E-state index contributed by atoms with van der Waals surface area (Å²) in [4.78, 5) is 4.26. The van der Waals surface area contributed by atoms with Crippen molar-refractivity contribution >= 4 is 27.5 Å². The third-order valence-corrected chi connectivity index (χ3v) is 3.84. The van der Waals surface area contributed by atoms with Gasteiger partial charge in [-0.15, -0.1) is 0 Å². The Morgan fingerprint density at radius 1 is 1.53 bits per heavy atom. The molecule has 19 heavy (non-hydrogen) atoms. The molecular formula is C12H15BrClN5. The van der Waals surface area contributed by atoms with Gasteiger partial charge in [-0.1, -0.05) is 33.6 Å². The number of hydrazine groups is 1. The van der Waals surface area contributed by atoms with Crippen molar-refractivity contribution in [1.29, 1.82) is 0 Å². The maximum atomic E-state index is 5.95. The summed E-state index contributed by atoms with van der Waals surface area (Å²) in [6.07, 6.45) is 2.22. The fraction of sp³-hybridized carbons (Fsp3) is 0.333. The Bertz CT molecular complexity index is 557. The molecule has 0 amide bonds. The lowest BCUT2D eigenvalue weighted by Crippen LogP contribution is -2.30. The number of rotatable bonds is 5. The van der Waals surface area contributed by atoms with E-state index in [-0.39, 0.29) is 6.04 Å². The smallest absolute Gasteiger partial charge is 0.138 e. The van der Waals surface area contributed by atoms with Gasteiger partial charge >= 0.3 is 0 Å². The lowest BCUT2D eigenvalue weighted by molar-refractivity contribution is 0.509. The van der Waals surface area contributed by atoms with Crippen molar-refractivity contribution in [3.8, 4) is 0 Å². The van der Waals surface area contributed by atoms with Crippen molar-refractivity contribution in [3.63, 3.8) is 0 Å². The van der Waals surface area contributed by atoms with Crippen LogP contribution in [0.5, 0.6) is 0 Å². The van der Waals surface area contributed by atoms with Crippen molar-refractivity contribution in [2.75, 3.05) is 0 Å². The maximum absolute atomic E-state index is 5.95. The highest BCUT2D eigenvalue weighted by Crippen LogP contribution is 2.28. The van der Waals surface area contributed by atoms with Gasteiger partial charge in [0.15, 0.2) is 0 Å². The number of nitrogens with two attached hydrogens (primary N) is 1. The molecule has 0 aliphatic heterocycles. The summed E-state index contributed by atoms with van der Waals surface area (Å²) >= 11 is 9.45. The van der Waals surface area contributed by atoms with Crippen LogP contribution in [0.2, 0.25) is 5.02 Å². The van der Waals surface area contributed by atoms with Gasteiger partial charge in [-0.3, -0.25) is 16.0 Å². The summed E-state index contributed by atoms with van der Waals surface area (Å²) in [5, 5.41) is 4.84. The molecule has 1 unspecified atom stereocenters. The molecule has 0 bridgehead atoms. The van der Waals surface area contributed by atoms with Crippen molar-refractivity contribution < 1.29 is 0 Å². The molecule has 0 aliphatic rings. The summed E-state index contributed by atoms with van der Waals surface area (Å²) in [5.41, 5.74) is 3.85. The summed E-state index contributed by atoms with van der Waals surface area (Å²) < 4.78 is 2.78. The second-order valence-corrected chi connectivity index (χ2v) is 5.37. The standard InChI is InChI=1S/C12H15BrClN5/c1-2-19-12(16-7-17-19)6-11(18-15)9-4-3-8(14)5-10(9)13/h3-5,7,11,18H,2,6,15H2,1H3. The van der Waals surface area contributed by atoms with Gasteiger partial charge in [-0.2, -0.15) is 5.10 Å². The number of hydrogen-bond donors (Lipinski definition) is 2. The maximum Gasteiger partial charge on any atom is 0.138 e. The fourth-order valence-electron chi connectivity index (χ4n) is 1.94. The van der Waals surface area contributed by atoms with Crippen LogP contribution < -0.4 is 11.3 Å². The van der Waals surface area contributed by atoms with Crippen LogP contribution in [0.4, 0.5) is 0 Å². The molecule has 1 aromatic heterocycles. The zero-order valence-electron chi connectivity index (χ0n) is 10.5. The van der Waals surface area contributed by atoms with E-state index in [1.807, 2.05) is 29.8 Å². The van der Waals surface area contributed by atoms with Gasteiger partial charge in [0, 0.05) is 22.5 Å². The second kappa shape index (κ2) is 6.47. The summed E-state index contributed by atoms with van der Waals surface area (Å²) in [6, 6.07) is 5.59. The Hall–Kier alpha value is -0.950. The van der Waals surface area contributed by atoms with E-state index in [9.17, 15) is 0 Å². The normalized spacial score (nSPS) is 12.6. The fourth-order valence-corrected chi connectivity index (χ4v) is 2.89. The monoisotopic (exact) mass is 343 g/mol. The number of nitrogens with zero attached hydrogens (tertiary/aromatic N) is 3. The van der Waals surface area contributed by atoms with E-state index in [1.54, 1.807) is 6.33 Å². The number of aryl methyl sites for hydroxylation is 1. The summed E-state index contributed by atoms with van der Waals surface area (Å²) in [6.45, 7) is 2.82. The number of halogens is 2. The third-order valence-electron chi connectivity index (χ3n) is 2.92. The molecule has 2 rings (SSSR count). The highest BCUT2D eigenvalue weighted by molar-refractivity contribution is 9.10. The minimum Gasteiger partial charge on any atom is -0.271 e. The first-order valence-corrected chi connectivity index (χ1v) is 7.10. The molecule has 0 radical (unpaired) electrons. The van der Waals surface area contributed by atoms with E-state index in [2.05, 4.69) is 31.4 Å². The lowest BCUT2D eigenvalue weighted by atomic mass is 10.0. The predicted octanol–water partition coefficient (Wildman–Crippen LogP) is 2.46. The zero-order chi connectivity index (χ0) is 13.8. The molecule has 3 N–H and O–H groups in total. The molecule has 1 heterocycles. The van der Waals surface area contributed by atoms with Crippen molar-refractivity contribution in [1.82, 2.24) is 20.2 Å². The van der Waals surface area contributed by atoms with Crippen LogP contribution in [0.15, 0.2) is 29.0 Å². The molecule has 0 saturated heterocycles. The van der Waals surface area contributed by atoms with Crippen LogP contribution in [0.1, 0.15) is 24.4 Å². The number of aromatic nitrogens is 3. The minimum absolute atomic E-state index is 0.0545. The highest BCUT2D eigenvalue weighted by Gasteiger charge is 2.17. The van der Waals surface area contributed by atoms with E-state index in [4.69, 9.17) is 17.4 Å². The van der Waals surface area contributed by atoms with Gasteiger partial charge in [0.2, 0.25) is 0 Å². The molecule has 2 aromatic rings. The van der Waals surface area contributed by atoms with E-state index in [1.165, 1.54) is 0 Å². The minimum atomic E-state index is -0.0545. The third kappa shape index (κ3) is 3.33. The Balaban J connectivity index is 2.25. The predicted molar refractivity (Wildman–Crippen MR) is 78.6 cm³/mol. The van der Waals surface area contributed by atoms with E-state index >= 15 is 0 Å². The van der Waals surface area contributed by atoms with E-state index in [0.717, 1.165) is 22.4 Å². The van der Waals surface area contributed by atoms with E-state index in [0.29, 0.717) is 11.4 Å². The van der Waals surface area contributed by atoms with Crippen LogP contribution in [0.3, 0.4) is 0 Å². The first kappa shape index (κ1) is 14.5. The first-order chi connectivity index (χ1) is 9.15. The number of hydrogen-bond acceptors (Lipinski definition) is 4. The van der Waals surface area contributed by atoms with Crippen LogP contribution in [0.25, 0.3) is 0 Å². The Labute approximate surface area is 125 Å². The van der Waals surface area contributed by atoms with Crippen molar-refractivity contribution in [3.05, 3.63) is 45.4 Å². The van der Waals surface area contributed by atoms with Gasteiger partial charge in [0.1, 0.15) is 12.2 Å². The Morgan fingerprint density at radius 3 is 2.95 bits per heavy atom. The molecule has 0 fully saturated rings. The van der Waals surface area contributed by atoms with Gasteiger partial charge in [-0.25, -0.2) is 4.98 Å². The molecule has 7 heteroatoms. The lowest BCUT2D eigenvalue weighted by Gasteiger charge is -2.17. The largest absolute Gasteiger partial charge is 0.271 e. The molecule has 0 aliphatic carbocycles. The average Bonchev–Trinajstić information content (AvgIpc) is 2.84. The number of benzene rings is 1. The van der Waals surface area contributed by atoms with Crippen LogP contribution in [-0.4, -0.2) is 14.8 Å². The zero-order valence-corrected chi connectivity index (χ0v) is 12.8. The van der Waals surface area contributed by atoms with E-state index < -0.39 is 0 Å². The first-order valence-electron chi connectivity index (χ1n) is 5.93. The summed E-state index contributed by atoms with van der Waals surface area (Å²) in [7, 11) is 0. The molecular weight excluding hydrogens is 330 g/mol. The molecule has 0 saturated carbocycles. The topological polar surface area (TPSA) is 68.8 Å². The Morgan fingerprint density at radius 2 is 2.32 bits per heavy atom. The van der Waals surface area contributed by atoms with Crippen molar-refractivity contribution in [2.45, 2.75) is 25.9 Å². The molecule has 1 atom stereocenters. The van der Waals surface area contributed by atoms with Crippen LogP contribution in [0, 0.1) is 0 Å². The average molecular weight is 345 g/mol. The van der Waals surface area contributed by atoms with Crippen molar-refractivity contribution in [2.24, 2.45) is 5.84 Å². The quantitative estimate of drug-likeness (QED) is 0.646. The molecule has 5 nitrogen and oxygen atoms in total. The number of nitrogens with one attached hydrogen (secondary N) is 1. The second-order valence-electron chi connectivity index (χ2n) is 4.08. The Kier molecular flexibility index (Phi) is 4.93.